The van der Waals surface area contributed by atoms with E-state index in [-0.39, 0.29) is 17.3 Å². The SMILES string of the molecule is CN(c1ccnc(C2CC2)n1)C1CCCN(c2ccc(C#N)cc2C(F)(F)F)C1. The number of halogens is 3. The first-order valence-electron chi connectivity index (χ1n) is 9.79. The molecule has 1 aliphatic carbocycles. The largest absolute Gasteiger partial charge is 0.418 e. The molecule has 0 amide bonds. The normalized spacial score (nSPS) is 19.7. The summed E-state index contributed by atoms with van der Waals surface area (Å²) in [6, 6.07) is 7.50. The van der Waals surface area contributed by atoms with E-state index < -0.39 is 11.7 Å². The third-order valence-electron chi connectivity index (χ3n) is 5.68. The van der Waals surface area contributed by atoms with Gasteiger partial charge >= 0.3 is 6.18 Å². The fourth-order valence-electron chi connectivity index (χ4n) is 3.88. The van der Waals surface area contributed by atoms with Gasteiger partial charge in [0.1, 0.15) is 11.6 Å². The molecule has 2 aromatic rings. The van der Waals surface area contributed by atoms with E-state index in [1.165, 1.54) is 12.1 Å². The second kappa shape index (κ2) is 7.54. The van der Waals surface area contributed by atoms with Crippen molar-refractivity contribution in [2.45, 2.75) is 43.8 Å². The summed E-state index contributed by atoms with van der Waals surface area (Å²) in [5.41, 5.74) is -0.603. The van der Waals surface area contributed by atoms with E-state index in [4.69, 9.17) is 5.26 Å². The van der Waals surface area contributed by atoms with Crippen LogP contribution in [0.5, 0.6) is 0 Å². The van der Waals surface area contributed by atoms with E-state index in [1.54, 1.807) is 17.2 Å². The van der Waals surface area contributed by atoms with Crippen molar-refractivity contribution in [3.05, 3.63) is 47.4 Å². The number of likely N-dealkylation sites (N-methyl/N-ethyl adjacent to an activating group) is 1. The molecule has 2 heterocycles. The number of nitrogens with zero attached hydrogens (tertiary/aromatic N) is 5. The van der Waals surface area contributed by atoms with Crippen molar-refractivity contribution in [2.24, 2.45) is 0 Å². The lowest BCUT2D eigenvalue weighted by Gasteiger charge is -2.40. The number of benzene rings is 1. The number of aromatic nitrogens is 2. The Kier molecular flexibility index (Phi) is 5.07. The lowest BCUT2D eigenvalue weighted by molar-refractivity contribution is -0.137. The molecule has 0 bridgehead atoms. The fourth-order valence-corrected chi connectivity index (χ4v) is 3.88. The van der Waals surface area contributed by atoms with Crippen molar-refractivity contribution in [1.29, 1.82) is 5.26 Å². The van der Waals surface area contributed by atoms with Gasteiger partial charge in [-0.3, -0.25) is 0 Å². The Morgan fingerprint density at radius 1 is 1.21 bits per heavy atom. The van der Waals surface area contributed by atoms with Crippen molar-refractivity contribution in [2.75, 3.05) is 29.9 Å². The Balaban J connectivity index is 1.57. The van der Waals surface area contributed by atoms with Crippen LogP contribution in [0.3, 0.4) is 0 Å². The number of anilines is 2. The average molecular weight is 401 g/mol. The third-order valence-corrected chi connectivity index (χ3v) is 5.68. The van der Waals surface area contributed by atoms with Crippen LogP contribution in [-0.2, 0) is 6.18 Å². The highest BCUT2D eigenvalue weighted by Gasteiger charge is 2.37. The number of nitriles is 1. The van der Waals surface area contributed by atoms with Crippen LogP contribution in [0.2, 0.25) is 0 Å². The van der Waals surface area contributed by atoms with Gasteiger partial charge < -0.3 is 9.80 Å². The summed E-state index contributed by atoms with van der Waals surface area (Å²) in [6.45, 7) is 1.02. The molecule has 0 N–H and O–H groups in total. The maximum atomic E-state index is 13.6. The van der Waals surface area contributed by atoms with Crippen LogP contribution in [0.25, 0.3) is 0 Å². The summed E-state index contributed by atoms with van der Waals surface area (Å²) in [5.74, 6) is 2.11. The smallest absolute Gasteiger partial charge is 0.369 e. The van der Waals surface area contributed by atoms with E-state index in [0.717, 1.165) is 43.4 Å². The minimum Gasteiger partial charge on any atom is -0.369 e. The van der Waals surface area contributed by atoms with Crippen LogP contribution in [0.15, 0.2) is 30.5 Å². The van der Waals surface area contributed by atoms with Crippen LogP contribution >= 0.6 is 0 Å². The van der Waals surface area contributed by atoms with Crippen LogP contribution < -0.4 is 9.80 Å². The molecular formula is C21H22F3N5. The minimum atomic E-state index is -4.51. The Bertz CT molecular complexity index is 933. The fraction of sp³-hybridized carbons (Fsp3) is 0.476. The molecule has 152 valence electrons. The summed E-state index contributed by atoms with van der Waals surface area (Å²) in [7, 11) is 1.94. The van der Waals surface area contributed by atoms with E-state index in [1.807, 2.05) is 13.1 Å². The lowest BCUT2D eigenvalue weighted by Crippen LogP contribution is -2.47. The molecule has 29 heavy (non-hydrogen) atoms. The average Bonchev–Trinajstić information content (AvgIpc) is 3.58. The number of rotatable bonds is 4. The molecule has 1 aromatic carbocycles. The Labute approximate surface area is 167 Å². The molecule has 5 nitrogen and oxygen atoms in total. The predicted octanol–water partition coefficient (Wildman–Crippen LogP) is 4.35. The van der Waals surface area contributed by atoms with Crippen LogP contribution in [-0.4, -0.2) is 36.1 Å². The summed E-state index contributed by atoms with van der Waals surface area (Å²) in [6.07, 6.45) is 1.15. The highest BCUT2D eigenvalue weighted by Crippen LogP contribution is 2.39. The van der Waals surface area contributed by atoms with Gasteiger partial charge in [-0.2, -0.15) is 18.4 Å². The number of hydrogen-bond donors (Lipinski definition) is 0. The second-order valence-electron chi connectivity index (χ2n) is 7.74. The standard InChI is InChI=1S/C21H22F3N5/c1-28(19-8-9-26-20(27-19)15-5-6-15)16-3-2-10-29(13-16)18-7-4-14(12-25)11-17(18)21(22,23)24/h4,7-9,11,15-16H,2-3,5-6,10,13H2,1H3. The minimum absolute atomic E-state index is 0.0142. The molecule has 2 aliphatic rings. The third kappa shape index (κ3) is 4.14. The predicted molar refractivity (Wildman–Crippen MR) is 104 cm³/mol. The second-order valence-corrected chi connectivity index (χ2v) is 7.74. The molecule has 1 aromatic heterocycles. The first-order valence-corrected chi connectivity index (χ1v) is 9.79. The van der Waals surface area contributed by atoms with Crippen molar-refractivity contribution in [3.8, 4) is 6.07 Å². The summed E-state index contributed by atoms with van der Waals surface area (Å²) < 4.78 is 40.8. The molecule has 1 atom stereocenters. The van der Waals surface area contributed by atoms with Gasteiger partial charge in [-0.05, 0) is 49.9 Å². The molecule has 1 saturated carbocycles. The Hall–Kier alpha value is -2.82. The Morgan fingerprint density at radius 3 is 2.69 bits per heavy atom. The van der Waals surface area contributed by atoms with Gasteiger partial charge in [-0.1, -0.05) is 0 Å². The van der Waals surface area contributed by atoms with Gasteiger partial charge in [0.2, 0.25) is 0 Å². The zero-order valence-electron chi connectivity index (χ0n) is 16.2. The highest BCUT2D eigenvalue weighted by molar-refractivity contribution is 5.59. The monoisotopic (exact) mass is 401 g/mol. The Morgan fingerprint density at radius 2 is 2.00 bits per heavy atom. The molecule has 8 heteroatoms. The van der Waals surface area contributed by atoms with E-state index in [2.05, 4.69) is 14.9 Å². The number of piperidine rings is 1. The van der Waals surface area contributed by atoms with Crippen molar-refractivity contribution < 1.29 is 13.2 Å². The molecule has 1 saturated heterocycles. The summed E-state index contributed by atoms with van der Waals surface area (Å²) in [4.78, 5) is 12.8. The zero-order valence-corrected chi connectivity index (χ0v) is 16.2. The van der Waals surface area contributed by atoms with Gasteiger partial charge in [-0.25, -0.2) is 9.97 Å². The molecule has 1 unspecified atom stereocenters. The first kappa shape index (κ1) is 19.5. The summed E-state index contributed by atoms with van der Waals surface area (Å²) >= 11 is 0. The van der Waals surface area contributed by atoms with Crippen LogP contribution in [0.4, 0.5) is 24.7 Å². The van der Waals surface area contributed by atoms with Crippen molar-refractivity contribution >= 4 is 11.5 Å². The maximum absolute atomic E-state index is 13.6. The van der Waals surface area contributed by atoms with Gasteiger partial charge in [0.05, 0.1) is 17.2 Å². The molecule has 0 radical (unpaired) electrons. The first-order chi connectivity index (χ1) is 13.9. The van der Waals surface area contributed by atoms with Gasteiger partial charge in [0.15, 0.2) is 0 Å². The topological polar surface area (TPSA) is 56.1 Å². The van der Waals surface area contributed by atoms with Gasteiger partial charge in [0.25, 0.3) is 0 Å². The molecule has 4 rings (SSSR count). The molecular weight excluding hydrogens is 379 g/mol. The lowest BCUT2D eigenvalue weighted by atomic mass is 10.0. The van der Waals surface area contributed by atoms with E-state index >= 15 is 0 Å². The summed E-state index contributed by atoms with van der Waals surface area (Å²) in [5, 5.41) is 8.99. The number of alkyl halides is 3. The zero-order chi connectivity index (χ0) is 20.6. The van der Waals surface area contributed by atoms with Crippen molar-refractivity contribution in [1.82, 2.24) is 9.97 Å². The van der Waals surface area contributed by atoms with E-state index in [0.29, 0.717) is 19.0 Å². The van der Waals surface area contributed by atoms with E-state index in [9.17, 15) is 13.2 Å². The van der Waals surface area contributed by atoms with Crippen LogP contribution in [0.1, 0.15) is 48.6 Å². The number of hydrogen-bond acceptors (Lipinski definition) is 5. The molecule has 1 aliphatic heterocycles. The van der Waals surface area contributed by atoms with Gasteiger partial charge in [0, 0.05) is 44.0 Å². The quantitative estimate of drug-likeness (QED) is 0.762. The molecule has 0 spiro atoms. The van der Waals surface area contributed by atoms with Gasteiger partial charge in [-0.15, -0.1) is 0 Å². The van der Waals surface area contributed by atoms with Crippen molar-refractivity contribution in [3.63, 3.8) is 0 Å². The molecule has 2 fully saturated rings. The highest BCUT2D eigenvalue weighted by atomic mass is 19.4. The van der Waals surface area contributed by atoms with Crippen LogP contribution in [0, 0.1) is 11.3 Å². The maximum Gasteiger partial charge on any atom is 0.418 e.